The molecule has 1 N–H and O–H groups in total. The second-order valence-electron chi connectivity index (χ2n) is 3.24. The van der Waals surface area contributed by atoms with Crippen molar-refractivity contribution in [1.29, 1.82) is 0 Å². The normalized spacial score (nSPS) is 11.1. The Morgan fingerprint density at radius 1 is 1.56 bits per heavy atom. The van der Waals surface area contributed by atoms with Crippen LogP contribution in [0.5, 0.6) is 0 Å². The number of carbonyl (C=O) groups excluding carboxylic acids is 1. The van der Waals surface area contributed by atoms with E-state index in [1.54, 1.807) is 0 Å². The molecule has 7 heteroatoms. The van der Waals surface area contributed by atoms with E-state index in [4.69, 9.17) is 0 Å². The van der Waals surface area contributed by atoms with E-state index in [2.05, 4.69) is 10.3 Å². The van der Waals surface area contributed by atoms with Crippen molar-refractivity contribution in [2.45, 2.75) is 0 Å². The number of sulfone groups is 1. The summed E-state index contributed by atoms with van der Waals surface area (Å²) in [7, 11) is -3.13. The van der Waals surface area contributed by atoms with Crippen LogP contribution in [-0.4, -0.2) is 37.9 Å². The summed E-state index contributed by atoms with van der Waals surface area (Å²) < 4.78 is 34.6. The zero-order chi connectivity index (χ0) is 12.2. The topological polar surface area (TPSA) is 76.1 Å². The Labute approximate surface area is 92.6 Å². The second-order valence-corrected chi connectivity index (χ2v) is 5.50. The number of rotatable bonds is 4. The van der Waals surface area contributed by atoms with E-state index in [0.29, 0.717) is 0 Å². The highest BCUT2D eigenvalue weighted by Gasteiger charge is 2.11. The van der Waals surface area contributed by atoms with E-state index in [9.17, 15) is 17.6 Å². The molecule has 16 heavy (non-hydrogen) atoms. The van der Waals surface area contributed by atoms with E-state index in [0.717, 1.165) is 12.5 Å². The Balaban J connectivity index is 2.57. The number of carbonyl (C=O) groups is 1. The van der Waals surface area contributed by atoms with Crippen molar-refractivity contribution in [2.24, 2.45) is 0 Å². The van der Waals surface area contributed by atoms with E-state index in [1.165, 1.54) is 12.3 Å². The van der Waals surface area contributed by atoms with Crippen LogP contribution in [0.2, 0.25) is 0 Å². The quantitative estimate of drug-likeness (QED) is 0.811. The van der Waals surface area contributed by atoms with Crippen LogP contribution in [0, 0.1) is 5.82 Å². The minimum Gasteiger partial charge on any atom is -0.351 e. The van der Waals surface area contributed by atoms with Crippen LogP contribution < -0.4 is 5.32 Å². The summed E-state index contributed by atoms with van der Waals surface area (Å²) >= 11 is 0. The first kappa shape index (κ1) is 12.6. The van der Waals surface area contributed by atoms with Gasteiger partial charge in [0.15, 0.2) is 5.82 Å². The van der Waals surface area contributed by atoms with Crippen molar-refractivity contribution in [2.75, 3.05) is 18.6 Å². The van der Waals surface area contributed by atoms with Gasteiger partial charge in [0.1, 0.15) is 9.84 Å². The average Bonchev–Trinajstić information content (AvgIpc) is 2.16. The molecule has 0 aliphatic carbocycles. The Bertz CT molecular complexity index is 487. The molecule has 0 saturated carbocycles. The third kappa shape index (κ3) is 3.93. The Kier molecular flexibility index (Phi) is 3.94. The van der Waals surface area contributed by atoms with Gasteiger partial charge in [0.2, 0.25) is 0 Å². The fraction of sp³-hybridized carbons (Fsp3) is 0.333. The van der Waals surface area contributed by atoms with Crippen molar-refractivity contribution < 1.29 is 17.6 Å². The molecule has 0 bridgehead atoms. The molecule has 0 unspecified atom stereocenters. The molecule has 88 valence electrons. The van der Waals surface area contributed by atoms with Gasteiger partial charge in [0.25, 0.3) is 5.91 Å². The molecule has 0 fully saturated rings. The Morgan fingerprint density at radius 3 is 2.81 bits per heavy atom. The maximum absolute atomic E-state index is 13.1. The molecule has 1 amide bonds. The molecule has 0 aromatic carbocycles. The highest BCUT2D eigenvalue weighted by atomic mass is 32.2. The largest absolute Gasteiger partial charge is 0.351 e. The van der Waals surface area contributed by atoms with Crippen LogP contribution in [0.3, 0.4) is 0 Å². The summed E-state index contributed by atoms with van der Waals surface area (Å²) in [6.07, 6.45) is 3.27. The minimum absolute atomic E-state index is 0.0422. The zero-order valence-corrected chi connectivity index (χ0v) is 9.42. The maximum Gasteiger partial charge on any atom is 0.254 e. The molecule has 1 rings (SSSR count). The summed E-state index contributed by atoms with van der Waals surface area (Å²) in [5.41, 5.74) is -0.150. The number of pyridine rings is 1. The smallest absolute Gasteiger partial charge is 0.254 e. The van der Waals surface area contributed by atoms with Crippen molar-refractivity contribution in [1.82, 2.24) is 10.3 Å². The van der Waals surface area contributed by atoms with Gasteiger partial charge in [0.05, 0.1) is 17.5 Å². The lowest BCUT2D eigenvalue weighted by Gasteiger charge is -2.04. The Hall–Kier alpha value is -1.50. The SMILES string of the molecule is CS(=O)(=O)CCNC(=O)c1ccncc1F. The van der Waals surface area contributed by atoms with Gasteiger partial charge in [-0.15, -0.1) is 0 Å². The standard InChI is InChI=1S/C9H11FN2O3S/c1-16(14,15)5-4-12-9(13)7-2-3-11-6-8(7)10/h2-3,6H,4-5H2,1H3,(H,12,13). The van der Waals surface area contributed by atoms with Crippen LogP contribution in [-0.2, 0) is 9.84 Å². The van der Waals surface area contributed by atoms with Crippen LogP contribution in [0.15, 0.2) is 18.5 Å². The summed E-state index contributed by atoms with van der Waals surface area (Å²) in [5, 5.41) is 2.31. The second kappa shape index (κ2) is 5.02. The lowest BCUT2D eigenvalue weighted by Crippen LogP contribution is -2.29. The molecule has 0 radical (unpaired) electrons. The summed E-state index contributed by atoms with van der Waals surface area (Å²) in [4.78, 5) is 14.9. The molecular weight excluding hydrogens is 235 g/mol. The van der Waals surface area contributed by atoms with Gasteiger partial charge >= 0.3 is 0 Å². The van der Waals surface area contributed by atoms with Crippen molar-refractivity contribution in [3.05, 3.63) is 29.8 Å². The molecule has 5 nitrogen and oxygen atoms in total. The number of nitrogens with one attached hydrogen (secondary N) is 1. The monoisotopic (exact) mass is 246 g/mol. The third-order valence-corrected chi connectivity index (χ3v) is 2.72. The first-order chi connectivity index (χ1) is 7.40. The maximum atomic E-state index is 13.1. The van der Waals surface area contributed by atoms with Gasteiger partial charge in [-0.25, -0.2) is 12.8 Å². The fourth-order valence-electron chi connectivity index (χ4n) is 1.00. The molecule has 1 aromatic heterocycles. The molecule has 1 aromatic rings. The van der Waals surface area contributed by atoms with Crippen LogP contribution >= 0.6 is 0 Å². The summed E-state index contributed by atoms with van der Waals surface area (Å²) in [6.45, 7) is -0.0422. The first-order valence-electron chi connectivity index (χ1n) is 4.45. The van der Waals surface area contributed by atoms with E-state index >= 15 is 0 Å². The van der Waals surface area contributed by atoms with Crippen LogP contribution in [0.25, 0.3) is 0 Å². The van der Waals surface area contributed by atoms with E-state index in [-0.39, 0.29) is 17.9 Å². The lowest BCUT2D eigenvalue weighted by molar-refractivity contribution is 0.0952. The van der Waals surface area contributed by atoms with E-state index < -0.39 is 21.6 Å². The van der Waals surface area contributed by atoms with Crippen LogP contribution in [0.1, 0.15) is 10.4 Å². The molecule has 1 heterocycles. The highest BCUT2D eigenvalue weighted by Crippen LogP contribution is 2.03. The number of amides is 1. The van der Waals surface area contributed by atoms with Gasteiger partial charge < -0.3 is 5.32 Å². The first-order valence-corrected chi connectivity index (χ1v) is 6.51. The van der Waals surface area contributed by atoms with Crippen molar-refractivity contribution in [3.63, 3.8) is 0 Å². The summed E-state index contributed by atoms with van der Waals surface area (Å²) in [6, 6.07) is 1.23. The van der Waals surface area contributed by atoms with E-state index in [1.807, 2.05) is 0 Å². The number of hydrogen-bond donors (Lipinski definition) is 1. The molecule has 0 aliphatic rings. The molecule has 0 atom stereocenters. The van der Waals surface area contributed by atoms with Crippen molar-refractivity contribution >= 4 is 15.7 Å². The van der Waals surface area contributed by atoms with Gasteiger partial charge in [-0.3, -0.25) is 9.78 Å². The third-order valence-electron chi connectivity index (χ3n) is 1.78. The predicted molar refractivity (Wildman–Crippen MR) is 56.2 cm³/mol. The average molecular weight is 246 g/mol. The number of nitrogens with zero attached hydrogens (tertiary/aromatic N) is 1. The minimum atomic E-state index is -3.13. The molecule has 0 aliphatic heterocycles. The molecule has 0 spiro atoms. The van der Waals surface area contributed by atoms with Gasteiger partial charge in [0, 0.05) is 19.0 Å². The predicted octanol–water partition coefficient (Wildman–Crippen LogP) is -0.00490. The van der Waals surface area contributed by atoms with Crippen molar-refractivity contribution in [3.8, 4) is 0 Å². The van der Waals surface area contributed by atoms with Gasteiger partial charge in [-0.1, -0.05) is 0 Å². The zero-order valence-electron chi connectivity index (χ0n) is 8.60. The van der Waals surface area contributed by atoms with Gasteiger partial charge in [-0.2, -0.15) is 0 Å². The van der Waals surface area contributed by atoms with Crippen LogP contribution in [0.4, 0.5) is 4.39 Å². The lowest BCUT2D eigenvalue weighted by atomic mass is 10.2. The van der Waals surface area contributed by atoms with Gasteiger partial charge in [-0.05, 0) is 6.07 Å². The number of aromatic nitrogens is 1. The number of hydrogen-bond acceptors (Lipinski definition) is 4. The fourth-order valence-corrected chi connectivity index (χ4v) is 1.48. The highest BCUT2D eigenvalue weighted by molar-refractivity contribution is 7.90. The molecule has 0 saturated heterocycles. The Morgan fingerprint density at radius 2 is 2.25 bits per heavy atom. The molecular formula is C9H11FN2O3S. The summed E-state index contributed by atoms with van der Waals surface area (Å²) in [5.74, 6) is -1.56. The number of halogens is 1.